The van der Waals surface area contributed by atoms with Gasteiger partial charge in [-0.05, 0) is 61.0 Å². The lowest BCUT2D eigenvalue weighted by Crippen LogP contribution is -1.97. The maximum Gasteiger partial charge on any atom is 0.185 e. The van der Waals surface area contributed by atoms with E-state index in [0.29, 0.717) is 17.2 Å². The van der Waals surface area contributed by atoms with Crippen LogP contribution < -0.4 is 4.74 Å². The summed E-state index contributed by atoms with van der Waals surface area (Å²) in [6.07, 6.45) is 4.25. The van der Waals surface area contributed by atoms with Gasteiger partial charge in [-0.1, -0.05) is 34.5 Å². The zero-order valence-corrected chi connectivity index (χ0v) is 14.5. The van der Waals surface area contributed by atoms with Crippen LogP contribution in [0.5, 0.6) is 5.75 Å². The van der Waals surface area contributed by atoms with E-state index in [0.717, 1.165) is 22.2 Å². The van der Waals surface area contributed by atoms with E-state index < -0.39 is 0 Å². The molecule has 0 aromatic heterocycles. The predicted octanol–water partition coefficient (Wildman–Crippen LogP) is 5.79. The van der Waals surface area contributed by atoms with Crippen LogP contribution in [0.2, 0.25) is 5.02 Å². The van der Waals surface area contributed by atoms with Gasteiger partial charge in [0.25, 0.3) is 0 Å². The Balaban J connectivity index is 2.19. The van der Waals surface area contributed by atoms with E-state index in [1.165, 1.54) is 0 Å². The molecule has 0 unspecified atom stereocenters. The van der Waals surface area contributed by atoms with Gasteiger partial charge < -0.3 is 4.74 Å². The largest absolute Gasteiger partial charge is 0.493 e. The van der Waals surface area contributed by atoms with E-state index in [2.05, 4.69) is 22.9 Å². The fourth-order valence-corrected chi connectivity index (χ4v) is 2.37. The first kappa shape index (κ1) is 16.8. The van der Waals surface area contributed by atoms with Crippen LogP contribution in [-0.4, -0.2) is 12.4 Å². The van der Waals surface area contributed by atoms with Gasteiger partial charge in [-0.15, -0.1) is 0 Å². The van der Waals surface area contributed by atoms with Crippen molar-refractivity contribution in [1.29, 1.82) is 0 Å². The highest BCUT2D eigenvalue weighted by atomic mass is 79.9. The minimum absolute atomic E-state index is 0.0712. The summed E-state index contributed by atoms with van der Waals surface area (Å²) in [7, 11) is 0. The van der Waals surface area contributed by atoms with Crippen molar-refractivity contribution in [3.05, 3.63) is 69.2 Å². The molecular formula is C18H16BrClO2. The Morgan fingerprint density at radius 2 is 1.95 bits per heavy atom. The molecule has 0 N–H and O–H groups in total. The standard InChI is InChI=1S/C18H16BrClO2/c1-2-11-22-18-10-6-15(19)12-14(18)5-9-17(21)13-3-7-16(20)8-4-13/h3-10,12H,2,11H2,1H3/b9-5+. The molecule has 22 heavy (non-hydrogen) atoms. The molecule has 114 valence electrons. The summed E-state index contributed by atoms with van der Waals surface area (Å²) in [4.78, 5) is 12.2. The van der Waals surface area contributed by atoms with Crippen LogP contribution in [0.15, 0.2) is 53.0 Å². The summed E-state index contributed by atoms with van der Waals surface area (Å²) < 4.78 is 6.63. The van der Waals surface area contributed by atoms with E-state index in [1.54, 1.807) is 36.4 Å². The summed E-state index contributed by atoms with van der Waals surface area (Å²) in [5.41, 5.74) is 1.47. The minimum atomic E-state index is -0.0712. The van der Waals surface area contributed by atoms with Crippen LogP contribution in [0.25, 0.3) is 6.08 Å². The number of ether oxygens (including phenoxy) is 1. The van der Waals surface area contributed by atoms with Crippen LogP contribution in [-0.2, 0) is 0 Å². The Morgan fingerprint density at radius 1 is 1.23 bits per heavy atom. The molecule has 0 bridgehead atoms. The van der Waals surface area contributed by atoms with E-state index in [4.69, 9.17) is 16.3 Å². The number of halogens is 2. The van der Waals surface area contributed by atoms with Crippen LogP contribution in [0.4, 0.5) is 0 Å². The number of carbonyl (C=O) groups is 1. The van der Waals surface area contributed by atoms with Crippen LogP contribution in [0.1, 0.15) is 29.3 Å². The molecule has 0 spiro atoms. The molecule has 2 aromatic carbocycles. The van der Waals surface area contributed by atoms with Gasteiger partial charge in [0.15, 0.2) is 5.78 Å². The van der Waals surface area contributed by atoms with Gasteiger partial charge in [0.05, 0.1) is 6.61 Å². The third-order valence-electron chi connectivity index (χ3n) is 2.98. The first-order chi connectivity index (χ1) is 10.6. The highest BCUT2D eigenvalue weighted by molar-refractivity contribution is 9.10. The number of rotatable bonds is 6. The average Bonchev–Trinajstić information content (AvgIpc) is 2.52. The fraction of sp³-hybridized carbons (Fsp3) is 0.167. The quantitative estimate of drug-likeness (QED) is 0.469. The molecule has 0 saturated heterocycles. The van der Waals surface area contributed by atoms with Gasteiger partial charge in [-0.2, -0.15) is 0 Å². The van der Waals surface area contributed by atoms with Crippen LogP contribution >= 0.6 is 27.5 Å². The third-order valence-corrected chi connectivity index (χ3v) is 3.72. The van der Waals surface area contributed by atoms with Crippen molar-refractivity contribution in [2.24, 2.45) is 0 Å². The molecule has 0 amide bonds. The molecule has 0 aliphatic heterocycles. The lowest BCUT2D eigenvalue weighted by Gasteiger charge is -2.08. The number of hydrogen-bond donors (Lipinski definition) is 0. The zero-order valence-electron chi connectivity index (χ0n) is 12.2. The van der Waals surface area contributed by atoms with Crippen molar-refractivity contribution < 1.29 is 9.53 Å². The Kier molecular flexibility index (Phi) is 6.22. The lowest BCUT2D eigenvalue weighted by molar-refractivity contribution is 0.104. The number of allylic oxidation sites excluding steroid dienone is 1. The highest BCUT2D eigenvalue weighted by Gasteiger charge is 2.04. The van der Waals surface area contributed by atoms with Crippen LogP contribution in [0.3, 0.4) is 0 Å². The summed E-state index contributed by atoms with van der Waals surface area (Å²) in [5, 5.41) is 0.614. The fourth-order valence-electron chi connectivity index (χ4n) is 1.87. The molecule has 2 rings (SSSR count). The molecule has 0 heterocycles. The molecule has 0 atom stereocenters. The van der Waals surface area contributed by atoms with Crippen molar-refractivity contribution in [3.8, 4) is 5.75 Å². The maximum absolute atomic E-state index is 12.2. The van der Waals surface area contributed by atoms with Crippen molar-refractivity contribution >= 4 is 39.4 Å². The summed E-state index contributed by atoms with van der Waals surface area (Å²) in [6, 6.07) is 12.6. The Hall–Kier alpha value is -1.58. The van der Waals surface area contributed by atoms with Crippen molar-refractivity contribution in [1.82, 2.24) is 0 Å². The lowest BCUT2D eigenvalue weighted by atomic mass is 10.1. The monoisotopic (exact) mass is 378 g/mol. The zero-order chi connectivity index (χ0) is 15.9. The molecule has 0 aliphatic rings. The summed E-state index contributed by atoms with van der Waals surface area (Å²) in [5.74, 6) is 0.697. The number of benzene rings is 2. The van der Waals surface area contributed by atoms with Crippen LogP contribution in [0, 0.1) is 0 Å². The summed E-state index contributed by atoms with van der Waals surface area (Å²) in [6.45, 7) is 2.70. The molecule has 0 radical (unpaired) electrons. The van der Waals surface area contributed by atoms with Gasteiger partial charge >= 0.3 is 0 Å². The van der Waals surface area contributed by atoms with Crippen molar-refractivity contribution in [2.75, 3.05) is 6.61 Å². The Morgan fingerprint density at radius 3 is 2.64 bits per heavy atom. The van der Waals surface area contributed by atoms with E-state index in [1.807, 2.05) is 18.2 Å². The molecule has 0 fully saturated rings. The molecule has 0 aliphatic carbocycles. The predicted molar refractivity (Wildman–Crippen MR) is 94.7 cm³/mol. The summed E-state index contributed by atoms with van der Waals surface area (Å²) >= 11 is 9.26. The first-order valence-corrected chi connectivity index (χ1v) is 8.17. The second-order valence-electron chi connectivity index (χ2n) is 4.74. The molecule has 0 saturated carbocycles. The number of hydrogen-bond acceptors (Lipinski definition) is 2. The average molecular weight is 380 g/mol. The second-order valence-corrected chi connectivity index (χ2v) is 6.09. The topological polar surface area (TPSA) is 26.3 Å². The maximum atomic E-state index is 12.2. The van der Waals surface area contributed by atoms with E-state index in [-0.39, 0.29) is 5.78 Å². The molecule has 2 aromatic rings. The highest BCUT2D eigenvalue weighted by Crippen LogP contribution is 2.25. The van der Waals surface area contributed by atoms with E-state index >= 15 is 0 Å². The molecule has 4 heteroatoms. The minimum Gasteiger partial charge on any atom is -0.493 e. The first-order valence-electron chi connectivity index (χ1n) is 7.00. The van der Waals surface area contributed by atoms with Gasteiger partial charge in [0.1, 0.15) is 5.75 Å². The van der Waals surface area contributed by atoms with Crippen molar-refractivity contribution in [3.63, 3.8) is 0 Å². The number of ketones is 1. The number of carbonyl (C=O) groups excluding carboxylic acids is 1. The van der Waals surface area contributed by atoms with Gasteiger partial charge in [0.2, 0.25) is 0 Å². The van der Waals surface area contributed by atoms with Gasteiger partial charge in [-0.3, -0.25) is 4.79 Å². The van der Waals surface area contributed by atoms with Crippen molar-refractivity contribution in [2.45, 2.75) is 13.3 Å². The van der Waals surface area contributed by atoms with Gasteiger partial charge in [0, 0.05) is 20.6 Å². The SMILES string of the molecule is CCCOc1ccc(Br)cc1/C=C/C(=O)c1ccc(Cl)cc1. The molecular weight excluding hydrogens is 364 g/mol. The Bertz CT molecular complexity index is 678. The van der Waals surface area contributed by atoms with Gasteiger partial charge in [-0.25, -0.2) is 0 Å². The normalized spacial score (nSPS) is 10.9. The Labute approximate surface area is 143 Å². The third kappa shape index (κ3) is 4.72. The van der Waals surface area contributed by atoms with E-state index in [9.17, 15) is 4.79 Å². The molecule has 2 nitrogen and oxygen atoms in total. The second kappa shape index (κ2) is 8.16. The smallest absolute Gasteiger partial charge is 0.185 e.